The lowest BCUT2D eigenvalue weighted by molar-refractivity contribution is -0.148. The van der Waals surface area contributed by atoms with Crippen LogP contribution in [0.4, 0.5) is 4.79 Å². The van der Waals surface area contributed by atoms with Crippen LogP contribution in [0.25, 0.3) is 0 Å². The van der Waals surface area contributed by atoms with Gasteiger partial charge in [-0.3, -0.25) is 9.48 Å². The SMILES string of the molecule is CC1(C(=O)O)COCC1NC(=O)NCCCn1ccnn1. The molecule has 3 N–H and O–H groups in total. The van der Waals surface area contributed by atoms with Gasteiger partial charge >= 0.3 is 12.0 Å². The number of hydrogen-bond donors (Lipinski definition) is 3. The number of aryl methyl sites for hydroxylation is 1. The zero-order valence-corrected chi connectivity index (χ0v) is 11.8. The van der Waals surface area contributed by atoms with E-state index < -0.39 is 23.5 Å². The molecule has 2 amide bonds. The normalized spacial score (nSPS) is 24.7. The fourth-order valence-corrected chi connectivity index (χ4v) is 2.09. The summed E-state index contributed by atoms with van der Waals surface area (Å²) in [6.45, 7) is 2.98. The van der Waals surface area contributed by atoms with E-state index in [4.69, 9.17) is 4.74 Å². The van der Waals surface area contributed by atoms with Crippen molar-refractivity contribution in [3.63, 3.8) is 0 Å². The highest BCUT2D eigenvalue weighted by Gasteiger charge is 2.47. The summed E-state index contributed by atoms with van der Waals surface area (Å²) in [5.41, 5.74) is -1.09. The Morgan fingerprint density at radius 1 is 1.57 bits per heavy atom. The molecule has 1 aliphatic heterocycles. The molecule has 0 spiro atoms. The molecule has 9 nitrogen and oxygen atoms in total. The summed E-state index contributed by atoms with van der Waals surface area (Å²) in [5.74, 6) is -0.975. The van der Waals surface area contributed by atoms with Crippen LogP contribution < -0.4 is 10.6 Å². The van der Waals surface area contributed by atoms with Gasteiger partial charge in [-0.1, -0.05) is 5.21 Å². The number of urea groups is 1. The van der Waals surface area contributed by atoms with Gasteiger partial charge < -0.3 is 20.5 Å². The second kappa shape index (κ2) is 6.53. The number of aliphatic carboxylic acids is 1. The predicted molar refractivity (Wildman–Crippen MR) is 71.5 cm³/mol. The summed E-state index contributed by atoms with van der Waals surface area (Å²) in [7, 11) is 0. The van der Waals surface area contributed by atoms with Gasteiger partial charge in [-0.05, 0) is 13.3 Å². The molecule has 1 saturated heterocycles. The van der Waals surface area contributed by atoms with Crippen molar-refractivity contribution in [3.05, 3.63) is 12.4 Å². The zero-order chi connectivity index (χ0) is 15.3. The summed E-state index contributed by atoms with van der Waals surface area (Å²) in [6.07, 6.45) is 4.04. The van der Waals surface area contributed by atoms with Crippen molar-refractivity contribution < 1.29 is 19.4 Å². The molecule has 116 valence electrons. The van der Waals surface area contributed by atoms with Crippen LogP contribution in [-0.4, -0.2) is 57.9 Å². The Balaban J connectivity index is 1.70. The number of carbonyl (C=O) groups excluding carboxylic acids is 1. The summed E-state index contributed by atoms with van der Waals surface area (Å²) >= 11 is 0. The zero-order valence-electron chi connectivity index (χ0n) is 11.8. The molecule has 0 radical (unpaired) electrons. The Morgan fingerprint density at radius 2 is 2.38 bits per heavy atom. The van der Waals surface area contributed by atoms with Gasteiger partial charge in [0, 0.05) is 19.3 Å². The monoisotopic (exact) mass is 297 g/mol. The molecule has 1 aromatic rings. The number of carbonyl (C=O) groups is 2. The maximum absolute atomic E-state index is 11.8. The van der Waals surface area contributed by atoms with Gasteiger partial charge in [-0.15, -0.1) is 5.10 Å². The van der Waals surface area contributed by atoms with E-state index in [1.807, 2.05) is 0 Å². The van der Waals surface area contributed by atoms with Crippen LogP contribution in [0.15, 0.2) is 12.4 Å². The second-order valence-corrected chi connectivity index (χ2v) is 5.21. The van der Waals surface area contributed by atoms with E-state index in [2.05, 4.69) is 20.9 Å². The Hall–Kier alpha value is -2.16. The largest absolute Gasteiger partial charge is 0.481 e. The fourth-order valence-electron chi connectivity index (χ4n) is 2.09. The number of nitrogens with zero attached hydrogens (tertiary/aromatic N) is 3. The smallest absolute Gasteiger partial charge is 0.315 e. The van der Waals surface area contributed by atoms with Gasteiger partial charge in [-0.2, -0.15) is 0 Å². The molecule has 1 aromatic heterocycles. The number of ether oxygens (including phenoxy) is 1. The van der Waals surface area contributed by atoms with Crippen LogP contribution in [0.5, 0.6) is 0 Å². The van der Waals surface area contributed by atoms with Crippen molar-refractivity contribution in [2.24, 2.45) is 5.41 Å². The molecule has 2 rings (SSSR count). The van der Waals surface area contributed by atoms with E-state index in [0.29, 0.717) is 19.5 Å². The Labute approximate surface area is 121 Å². The molecule has 2 atom stereocenters. The minimum absolute atomic E-state index is 0.0968. The average Bonchev–Trinajstić information content (AvgIpc) is 3.06. The Morgan fingerprint density at radius 3 is 3.05 bits per heavy atom. The lowest BCUT2D eigenvalue weighted by atomic mass is 9.85. The van der Waals surface area contributed by atoms with Gasteiger partial charge in [0.15, 0.2) is 0 Å². The standard InChI is InChI=1S/C12H19N5O4/c1-12(10(18)19)8-21-7-9(12)15-11(20)13-3-2-5-17-6-4-14-16-17/h4,6,9H,2-3,5,7-8H2,1H3,(H,18,19)(H2,13,15,20). The molecule has 0 saturated carbocycles. The van der Waals surface area contributed by atoms with E-state index >= 15 is 0 Å². The molecule has 1 aliphatic rings. The minimum Gasteiger partial charge on any atom is -0.481 e. The van der Waals surface area contributed by atoms with E-state index in [1.54, 1.807) is 24.0 Å². The molecule has 2 unspecified atom stereocenters. The molecule has 0 aromatic carbocycles. The number of aromatic nitrogens is 3. The van der Waals surface area contributed by atoms with Crippen molar-refractivity contribution >= 4 is 12.0 Å². The van der Waals surface area contributed by atoms with Gasteiger partial charge in [-0.25, -0.2) is 4.79 Å². The quantitative estimate of drug-likeness (QED) is 0.607. The summed E-state index contributed by atoms with van der Waals surface area (Å²) in [4.78, 5) is 23.0. The molecule has 9 heteroatoms. The summed E-state index contributed by atoms with van der Waals surface area (Å²) < 4.78 is 6.84. The highest BCUT2D eigenvalue weighted by molar-refractivity contribution is 5.79. The topological polar surface area (TPSA) is 118 Å². The lowest BCUT2D eigenvalue weighted by Crippen LogP contribution is -2.52. The van der Waals surface area contributed by atoms with Crippen LogP contribution in [0.3, 0.4) is 0 Å². The van der Waals surface area contributed by atoms with E-state index in [0.717, 1.165) is 0 Å². The average molecular weight is 297 g/mol. The minimum atomic E-state index is -1.09. The summed E-state index contributed by atoms with van der Waals surface area (Å²) in [5, 5.41) is 22.0. The third kappa shape index (κ3) is 3.69. The predicted octanol–water partition coefficient (Wildman–Crippen LogP) is -0.543. The molecular weight excluding hydrogens is 278 g/mol. The van der Waals surface area contributed by atoms with Crippen LogP contribution in [0.2, 0.25) is 0 Å². The second-order valence-electron chi connectivity index (χ2n) is 5.21. The number of rotatable bonds is 6. The van der Waals surface area contributed by atoms with Gasteiger partial charge in [0.05, 0.1) is 25.5 Å². The molecule has 1 fully saturated rings. The number of amides is 2. The van der Waals surface area contributed by atoms with E-state index in [9.17, 15) is 14.7 Å². The van der Waals surface area contributed by atoms with Crippen molar-refractivity contribution in [3.8, 4) is 0 Å². The first-order valence-electron chi connectivity index (χ1n) is 6.72. The highest BCUT2D eigenvalue weighted by Crippen LogP contribution is 2.28. The van der Waals surface area contributed by atoms with Crippen molar-refractivity contribution in [2.45, 2.75) is 25.9 Å². The van der Waals surface area contributed by atoms with Crippen molar-refractivity contribution in [1.82, 2.24) is 25.6 Å². The maximum atomic E-state index is 11.8. The van der Waals surface area contributed by atoms with Crippen molar-refractivity contribution in [1.29, 1.82) is 0 Å². The third-order valence-electron chi connectivity index (χ3n) is 3.57. The van der Waals surface area contributed by atoms with E-state index in [-0.39, 0.29) is 13.2 Å². The first kappa shape index (κ1) is 15.2. The third-order valence-corrected chi connectivity index (χ3v) is 3.57. The van der Waals surface area contributed by atoms with Crippen molar-refractivity contribution in [2.75, 3.05) is 19.8 Å². The van der Waals surface area contributed by atoms with Crippen LogP contribution >= 0.6 is 0 Å². The Bertz CT molecular complexity index is 492. The Kier molecular flexibility index (Phi) is 4.73. The molecule has 21 heavy (non-hydrogen) atoms. The fraction of sp³-hybridized carbons (Fsp3) is 0.667. The number of carboxylic acid groups (broad SMARTS) is 1. The molecule has 0 bridgehead atoms. The first-order chi connectivity index (χ1) is 10.0. The molecular formula is C12H19N5O4. The van der Waals surface area contributed by atoms with Crippen LogP contribution in [0.1, 0.15) is 13.3 Å². The molecule has 0 aliphatic carbocycles. The van der Waals surface area contributed by atoms with Gasteiger partial charge in [0.2, 0.25) is 0 Å². The number of carboxylic acids is 1. The van der Waals surface area contributed by atoms with Crippen LogP contribution in [-0.2, 0) is 16.1 Å². The maximum Gasteiger partial charge on any atom is 0.315 e. The van der Waals surface area contributed by atoms with Gasteiger partial charge in [0.25, 0.3) is 0 Å². The number of nitrogens with one attached hydrogen (secondary N) is 2. The number of hydrogen-bond acceptors (Lipinski definition) is 5. The van der Waals surface area contributed by atoms with Crippen LogP contribution in [0, 0.1) is 5.41 Å². The first-order valence-corrected chi connectivity index (χ1v) is 6.72. The van der Waals surface area contributed by atoms with E-state index in [1.165, 1.54) is 0 Å². The lowest BCUT2D eigenvalue weighted by Gasteiger charge is -2.25. The van der Waals surface area contributed by atoms with Gasteiger partial charge in [0.1, 0.15) is 5.41 Å². The molecule has 2 heterocycles. The highest BCUT2D eigenvalue weighted by atomic mass is 16.5. The summed E-state index contributed by atoms with van der Waals surface area (Å²) in [6, 6.07) is -0.929.